The van der Waals surface area contributed by atoms with E-state index in [4.69, 9.17) is 15.2 Å². The van der Waals surface area contributed by atoms with Gasteiger partial charge in [0.05, 0.1) is 25.7 Å². The number of anilines is 1. The lowest BCUT2D eigenvalue weighted by molar-refractivity contribution is -0.128. The number of ether oxygens (including phenoxy) is 2. The Kier molecular flexibility index (Phi) is 7.11. The van der Waals surface area contributed by atoms with Crippen LogP contribution in [0.2, 0.25) is 0 Å². The second kappa shape index (κ2) is 10.0. The molecule has 1 fully saturated rings. The number of thiophene rings is 1. The molecule has 4 rings (SSSR count). The number of hydrogen-bond donors (Lipinski definition) is 2. The largest absolute Gasteiger partial charge is 0.493 e. The standard InChI is InChI=1S/C25H31N3O5S/c1-14-4-6-17-20(10-14)34-25(22(17)23(26)30)27-24(31)16-12-21(29)28(13-16)9-8-15-5-7-18(32-2)19(11-15)33-3/h5,7,11,14,16H,4,6,8-10,12-13H2,1-3H3,(H2,26,30)(H,27,31). The number of nitrogens with one attached hydrogen (secondary N) is 1. The zero-order valence-electron chi connectivity index (χ0n) is 19.8. The van der Waals surface area contributed by atoms with Crippen LogP contribution in [-0.4, -0.2) is 49.9 Å². The molecule has 1 aliphatic carbocycles. The van der Waals surface area contributed by atoms with E-state index >= 15 is 0 Å². The summed E-state index contributed by atoms with van der Waals surface area (Å²) in [4.78, 5) is 40.6. The minimum absolute atomic E-state index is 0.0462. The summed E-state index contributed by atoms with van der Waals surface area (Å²) in [6.45, 7) is 3.05. The molecule has 8 nitrogen and oxygen atoms in total. The van der Waals surface area contributed by atoms with Crippen LogP contribution < -0.4 is 20.5 Å². The van der Waals surface area contributed by atoms with E-state index in [1.807, 2.05) is 18.2 Å². The third-order valence-electron chi connectivity index (χ3n) is 6.70. The molecule has 2 atom stereocenters. The maximum absolute atomic E-state index is 13.0. The Labute approximate surface area is 203 Å². The summed E-state index contributed by atoms with van der Waals surface area (Å²) in [7, 11) is 3.17. The number of methoxy groups -OCH3 is 2. The van der Waals surface area contributed by atoms with E-state index in [0.717, 1.165) is 35.3 Å². The van der Waals surface area contributed by atoms with Crippen molar-refractivity contribution in [3.8, 4) is 11.5 Å². The first-order valence-electron chi connectivity index (χ1n) is 11.5. The number of hydrogen-bond acceptors (Lipinski definition) is 6. The second-order valence-electron chi connectivity index (χ2n) is 9.09. The topological polar surface area (TPSA) is 111 Å². The van der Waals surface area contributed by atoms with Gasteiger partial charge in [-0.2, -0.15) is 0 Å². The number of fused-ring (bicyclic) bond motifs is 1. The molecule has 1 aromatic carbocycles. The molecule has 2 unspecified atom stereocenters. The summed E-state index contributed by atoms with van der Waals surface area (Å²) in [6.07, 6.45) is 3.49. The molecule has 2 aromatic rings. The number of nitrogens with zero attached hydrogens (tertiary/aromatic N) is 1. The quantitative estimate of drug-likeness (QED) is 0.597. The number of likely N-dealkylation sites (tertiary alicyclic amines) is 1. The Morgan fingerprint density at radius 2 is 1.97 bits per heavy atom. The first-order chi connectivity index (χ1) is 16.3. The molecule has 1 saturated heterocycles. The second-order valence-corrected chi connectivity index (χ2v) is 10.2. The van der Waals surface area contributed by atoms with E-state index in [-0.39, 0.29) is 18.2 Å². The SMILES string of the molecule is COc1ccc(CCN2CC(C(=O)Nc3sc4c(c3C(N)=O)CCC(C)C4)CC2=O)cc1OC. The Bertz CT molecular complexity index is 1110. The maximum Gasteiger partial charge on any atom is 0.251 e. The molecule has 2 aliphatic rings. The number of primary amides is 1. The molecule has 2 heterocycles. The summed E-state index contributed by atoms with van der Waals surface area (Å²) in [5, 5.41) is 3.44. The minimum Gasteiger partial charge on any atom is -0.493 e. The van der Waals surface area contributed by atoms with Gasteiger partial charge in [-0.25, -0.2) is 0 Å². The average Bonchev–Trinajstić information content (AvgIpc) is 3.36. The fourth-order valence-electron chi connectivity index (χ4n) is 4.78. The smallest absolute Gasteiger partial charge is 0.251 e. The lowest BCUT2D eigenvalue weighted by atomic mass is 9.88. The van der Waals surface area contributed by atoms with Crippen molar-refractivity contribution in [2.45, 2.75) is 39.0 Å². The van der Waals surface area contributed by atoms with Crippen molar-refractivity contribution in [1.82, 2.24) is 4.90 Å². The van der Waals surface area contributed by atoms with Gasteiger partial charge in [-0.15, -0.1) is 11.3 Å². The Morgan fingerprint density at radius 3 is 2.68 bits per heavy atom. The van der Waals surface area contributed by atoms with Crippen molar-refractivity contribution in [3.05, 3.63) is 39.8 Å². The molecule has 3 amide bonds. The average molecular weight is 486 g/mol. The van der Waals surface area contributed by atoms with E-state index in [0.29, 0.717) is 47.5 Å². The van der Waals surface area contributed by atoms with E-state index in [1.165, 1.54) is 11.3 Å². The van der Waals surface area contributed by atoms with Gasteiger partial charge in [0.15, 0.2) is 11.5 Å². The fraction of sp³-hybridized carbons (Fsp3) is 0.480. The normalized spacial score (nSPS) is 19.6. The monoisotopic (exact) mass is 485 g/mol. The van der Waals surface area contributed by atoms with Gasteiger partial charge < -0.3 is 25.4 Å². The summed E-state index contributed by atoms with van der Waals surface area (Å²) in [6, 6.07) is 5.68. The van der Waals surface area contributed by atoms with Crippen LogP contribution in [0.25, 0.3) is 0 Å². The molecule has 0 bridgehead atoms. The number of amides is 3. The third-order valence-corrected chi connectivity index (χ3v) is 7.87. The van der Waals surface area contributed by atoms with E-state index in [1.54, 1.807) is 19.1 Å². The zero-order valence-corrected chi connectivity index (χ0v) is 20.6. The Balaban J connectivity index is 1.40. The van der Waals surface area contributed by atoms with Gasteiger partial charge in [0.2, 0.25) is 11.8 Å². The molecule has 0 saturated carbocycles. The number of carbonyl (C=O) groups is 3. The van der Waals surface area contributed by atoms with Gasteiger partial charge in [-0.3, -0.25) is 14.4 Å². The van der Waals surface area contributed by atoms with Crippen LogP contribution in [0.5, 0.6) is 11.5 Å². The highest BCUT2D eigenvalue weighted by atomic mass is 32.1. The van der Waals surface area contributed by atoms with Crippen molar-refractivity contribution in [3.63, 3.8) is 0 Å². The number of nitrogens with two attached hydrogens (primary N) is 1. The van der Waals surface area contributed by atoms with Gasteiger partial charge in [0.1, 0.15) is 5.00 Å². The van der Waals surface area contributed by atoms with E-state index in [2.05, 4.69) is 12.2 Å². The molecule has 1 aromatic heterocycles. The highest BCUT2D eigenvalue weighted by Crippen LogP contribution is 2.40. The molecule has 0 radical (unpaired) electrons. The van der Waals surface area contributed by atoms with Gasteiger partial charge in [-0.05, 0) is 54.9 Å². The lowest BCUT2D eigenvalue weighted by Gasteiger charge is -2.18. The molecular formula is C25H31N3O5S. The van der Waals surface area contributed by atoms with Crippen molar-refractivity contribution >= 4 is 34.1 Å². The molecule has 3 N–H and O–H groups in total. The van der Waals surface area contributed by atoms with Gasteiger partial charge in [-0.1, -0.05) is 13.0 Å². The molecule has 0 spiro atoms. The number of benzene rings is 1. The van der Waals surface area contributed by atoms with Crippen molar-refractivity contribution in [2.75, 3.05) is 32.6 Å². The van der Waals surface area contributed by atoms with Crippen LogP contribution >= 0.6 is 11.3 Å². The predicted octanol–water partition coefficient (Wildman–Crippen LogP) is 3.02. The molecule has 9 heteroatoms. The van der Waals surface area contributed by atoms with Crippen LogP contribution in [-0.2, 0) is 28.9 Å². The first-order valence-corrected chi connectivity index (χ1v) is 12.4. The third kappa shape index (κ3) is 4.89. The summed E-state index contributed by atoms with van der Waals surface area (Å²) in [5.41, 5.74) is 8.10. The fourth-order valence-corrected chi connectivity index (χ4v) is 6.20. The van der Waals surface area contributed by atoms with E-state index < -0.39 is 11.8 Å². The molecule has 34 heavy (non-hydrogen) atoms. The van der Waals surface area contributed by atoms with E-state index in [9.17, 15) is 14.4 Å². The van der Waals surface area contributed by atoms with Crippen LogP contribution in [0.4, 0.5) is 5.00 Å². The van der Waals surface area contributed by atoms with Gasteiger partial charge in [0, 0.05) is 24.4 Å². The zero-order chi connectivity index (χ0) is 24.4. The minimum atomic E-state index is -0.513. The summed E-state index contributed by atoms with van der Waals surface area (Å²) < 4.78 is 10.6. The maximum atomic E-state index is 13.0. The highest BCUT2D eigenvalue weighted by molar-refractivity contribution is 7.17. The molecule has 1 aliphatic heterocycles. The first kappa shape index (κ1) is 24.1. The molecule has 182 valence electrons. The highest BCUT2D eigenvalue weighted by Gasteiger charge is 2.35. The number of carbonyl (C=O) groups excluding carboxylic acids is 3. The Morgan fingerprint density at radius 1 is 1.21 bits per heavy atom. The van der Waals surface area contributed by atoms with Gasteiger partial charge in [0.25, 0.3) is 5.91 Å². The van der Waals surface area contributed by atoms with Crippen molar-refractivity contribution < 1.29 is 23.9 Å². The predicted molar refractivity (Wildman–Crippen MR) is 131 cm³/mol. The van der Waals surface area contributed by atoms with Gasteiger partial charge >= 0.3 is 0 Å². The van der Waals surface area contributed by atoms with Crippen LogP contribution in [0.3, 0.4) is 0 Å². The van der Waals surface area contributed by atoms with Crippen LogP contribution in [0.1, 0.15) is 46.1 Å². The molecular weight excluding hydrogens is 454 g/mol. The summed E-state index contributed by atoms with van der Waals surface area (Å²) >= 11 is 1.44. The lowest BCUT2D eigenvalue weighted by Crippen LogP contribution is -2.30. The van der Waals surface area contributed by atoms with Crippen LogP contribution in [0.15, 0.2) is 18.2 Å². The Hall–Kier alpha value is -3.07. The summed E-state index contributed by atoms with van der Waals surface area (Å²) in [5.74, 6) is 0.579. The van der Waals surface area contributed by atoms with Crippen molar-refractivity contribution in [2.24, 2.45) is 17.6 Å². The van der Waals surface area contributed by atoms with Crippen molar-refractivity contribution in [1.29, 1.82) is 0 Å². The van der Waals surface area contributed by atoms with Crippen LogP contribution in [0, 0.1) is 11.8 Å². The number of rotatable bonds is 8.